The highest BCUT2D eigenvalue weighted by Gasteiger charge is 2.37. The maximum Gasteiger partial charge on any atom is 0.417 e. The van der Waals surface area contributed by atoms with E-state index in [0.29, 0.717) is 24.4 Å². The minimum absolute atomic E-state index is 0.0661. The molecule has 3 aromatic rings. The van der Waals surface area contributed by atoms with E-state index in [4.69, 9.17) is 4.74 Å². The van der Waals surface area contributed by atoms with Crippen LogP contribution in [0, 0.1) is 0 Å². The number of alkyl halides is 9. The molecule has 1 N–H and O–H groups in total. The van der Waals surface area contributed by atoms with Crippen LogP contribution in [0.5, 0.6) is 0 Å². The highest BCUT2D eigenvalue weighted by molar-refractivity contribution is 5.93. The Morgan fingerprint density at radius 2 is 1.51 bits per heavy atom. The molecule has 1 amide bonds. The van der Waals surface area contributed by atoms with Gasteiger partial charge in [-0.05, 0) is 35.0 Å². The van der Waals surface area contributed by atoms with Gasteiger partial charge in [-0.15, -0.1) is 5.10 Å². The third kappa shape index (κ3) is 7.55. The molecule has 212 valence electrons. The minimum atomic E-state index is -5.14. The van der Waals surface area contributed by atoms with Crippen LogP contribution in [0.2, 0.25) is 0 Å². The van der Waals surface area contributed by atoms with Gasteiger partial charge in [-0.3, -0.25) is 9.78 Å². The number of amides is 1. The first-order chi connectivity index (χ1) is 18.0. The summed E-state index contributed by atoms with van der Waals surface area (Å²) in [7, 11) is 2.53. The fourth-order valence-corrected chi connectivity index (χ4v) is 3.35. The fourth-order valence-electron chi connectivity index (χ4n) is 3.35. The van der Waals surface area contributed by atoms with Crippen LogP contribution >= 0.6 is 0 Å². The number of halogens is 9. The molecule has 39 heavy (non-hydrogen) atoms. The van der Waals surface area contributed by atoms with E-state index < -0.39 is 65.5 Å². The topological polar surface area (TPSA) is 98.1 Å². The Morgan fingerprint density at radius 1 is 0.923 bits per heavy atom. The minimum Gasteiger partial charge on any atom is -0.364 e. The van der Waals surface area contributed by atoms with Gasteiger partial charge in [0.05, 0.1) is 23.7 Å². The smallest absolute Gasteiger partial charge is 0.364 e. The molecule has 0 spiro atoms. The molecule has 0 saturated carbocycles. The molecule has 18 heteroatoms. The molecule has 1 aromatic carbocycles. The second-order valence-corrected chi connectivity index (χ2v) is 8.02. The van der Waals surface area contributed by atoms with Crippen molar-refractivity contribution in [3.63, 3.8) is 0 Å². The Balaban J connectivity index is 2.12. The summed E-state index contributed by atoms with van der Waals surface area (Å²) in [5.74, 6) is -1.31. The maximum atomic E-state index is 13.4. The van der Waals surface area contributed by atoms with Crippen LogP contribution < -0.4 is 10.2 Å². The molecule has 0 saturated heterocycles. The summed E-state index contributed by atoms with van der Waals surface area (Å²) in [5, 5.41) is 13.3. The molecular weight excluding hydrogens is 553 g/mol. The largest absolute Gasteiger partial charge is 0.417 e. The Morgan fingerprint density at radius 3 is 2.00 bits per heavy atom. The van der Waals surface area contributed by atoms with Crippen molar-refractivity contribution in [2.24, 2.45) is 7.05 Å². The van der Waals surface area contributed by atoms with Crippen molar-refractivity contribution in [3.05, 3.63) is 64.0 Å². The van der Waals surface area contributed by atoms with Crippen LogP contribution in [0.1, 0.15) is 38.3 Å². The van der Waals surface area contributed by atoms with E-state index in [2.05, 4.69) is 25.7 Å². The molecule has 0 bridgehead atoms. The fraction of sp³-hybridized carbons (Fsp3) is 0.381. The number of carbonyl (C=O) groups is 1. The summed E-state index contributed by atoms with van der Waals surface area (Å²) in [4.78, 5) is 18.0. The third-order valence-electron chi connectivity index (χ3n) is 5.05. The van der Waals surface area contributed by atoms with E-state index in [1.807, 2.05) is 0 Å². The standard InChI is InChI=1S/C21H18F9N7O2/c1-36-34-18(33-35-36)37(8-11-3-13(19(22,23)24)6-14(4-11)20(25,26)27)9-12-5-15(21(28,29)30)7-31-16(12)17(38)32-10-39-2/h3-7H,8-10H2,1-2H3,(H,32,38). The lowest BCUT2D eigenvalue weighted by molar-refractivity contribution is -0.143. The Hall–Kier alpha value is -3.96. The number of anilines is 1. The normalized spacial score (nSPS) is 12.5. The van der Waals surface area contributed by atoms with Crippen molar-refractivity contribution in [3.8, 4) is 0 Å². The first-order valence-corrected chi connectivity index (χ1v) is 10.6. The van der Waals surface area contributed by atoms with Gasteiger partial charge in [0, 0.05) is 32.0 Å². The van der Waals surface area contributed by atoms with Crippen molar-refractivity contribution in [1.29, 1.82) is 0 Å². The zero-order valence-electron chi connectivity index (χ0n) is 19.9. The van der Waals surface area contributed by atoms with Crippen molar-refractivity contribution >= 4 is 11.9 Å². The third-order valence-corrected chi connectivity index (χ3v) is 5.05. The summed E-state index contributed by atoms with van der Waals surface area (Å²) in [6.07, 6.45) is -14.8. The van der Waals surface area contributed by atoms with Gasteiger partial charge in [0.15, 0.2) is 0 Å². The molecule has 2 heterocycles. The number of nitrogens with zero attached hydrogens (tertiary/aromatic N) is 6. The maximum absolute atomic E-state index is 13.4. The first-order valence-electron chi connectivity index (χ1n) is 10.6. The molecule has 0 unspecified atom stereocenters. The first kappa shape index (κ1) is 29.6. The van der Waals surface area contributed by atoms with E-state index >= 15 is 0 Å². The van der Waals surface area contributed by atoms with Crippen LogP contribution in [0.4, 0.5) is 45.5 Å². The Labute approximate surface area is 213 Å². The summed E-state index contributed by atoms with van der Waals surface area (Å²) in [5.41, 5.74) is -5.86. The van der Waals surface area contributed by atoms with Crippen molar-refractivity contribution in [1.82, 2.24) is 30.5 Å². The van der Waals surface area contributed by atoms with E-state index in [1.165, 1.54) is 14.2 Å². The molecule has 0 radical (unpaired) electrons. The molecule has 0 fully saturated rings. The molecular formula is C21H18F9N7O2. The second-order valence-electron chi connectivity index (χ2n) is 8.02. The number of ether oxygens (including phenoxy) is 1. The summed E-state index contributed by atoms with van der Waals surface area (Å²) in [6.45, 7) is -1.76. The molecule has 0 aliphatic rings. The summed E-state index contributed by atoms with van der Waals surface area (Å²) in [6, 6.07) is 1.42. The average Bonchev–Trinajstić information content (AvgIpc) is 3.26. The van der Waals surface area contributed by atoms with E-state index in [9.17, 15) is 44.3 Å². The number of carbonyl (C=O) groups excluding carboxylic acids is 1. The summed E-state index contributed by atoms with van der Waals surface area (Å²) < 4.78 is 125. The van der Waals surface area contributed by atoms with Crippen molar-refractivity contribution in [2.45, 2.75) is 31.6 Å². The molecule has 9 nitrogen and oxygen atoms in total. The van der Waals surface area contributed by atoms with Crippen molar-refractivity contribution in [2.75, 3.05) is 18.7 Å². The lowest BCUT2D eigenvalue weighted by Gasteiger charge is -2.23. The van der Waals surface area contributed by atoms with Crippen LogP contribution in [0.25, 0.3) is 0 Å². The Bertz CT molecular complexity index is 1290. The van der Waals surface area contributed by atoms with Crippen molar-refractivity contribution < 1.29 is 49.0 Å². The predicted octanol–water partition coefficient (Wildman–Crippen LogP) is 4.20. The van der Waals surface area contributed by atoms with Crippen LogP contribution in [-0.4, -0.2) is 44.9 Å². The zero-order chi connectivity index (χ0) is 29.2. The van der Waals surface area contributed by atoms with Gasteiger partial charge >= 0.3 is 18.5 Å². The number of rotatable bonds is 8. The van der Waals surface area contributed by atoms with Gasteiger partial charge in [-0.25, -0.2) is 0 Å². The molecule has 2 aromatic heterocycles. The number of benzene rings is 1. The van der Waals surface area contributed by atoms with E-state index in [1.54, 1.807) is 0 Å². The number of nitrogens with one attached hydrogen (secondary N) is 1. The quantitative estimate of drug-likeness (QED) is 0.320. The second kappa shape index (κ2) is 11.0. The van der Waals surface area contributed by atoms with Gasteiger partial charge in [-0.1, -0.05) is 5.10 Å². The van der Waals surface area contributed by atoms with Gasteiger partial charge in [-0.2, -0.15) is 44.3 Å². The van der Waals surface area contributed by atoms with Crippen LogP contribution in [0.15, 0.2) is 30.5 Å². The lowest BCUT2D eigenvalue weighted by atomic mass is 10.0. The summed E-state index contributed by atoms with van der Waals surface area (Å²) >= 11 is 0. The number of pyridine rings is 1. The Kier molecular flexibility index (Phi) is 8.37. The molecule has 0 aliphatic carbocycles. The predicted molar refractivity (Wildman–Crippen MR) is 114 cm³/mol. The van der Waals surface area contributed by atoms with E-state index in [0.717, 1.165) is 9.70 Å². The van der Waals surface area contributed by atoms with E-state index in [-0.39, 0.29) is 24.3 Å². The SMILES string of the molecule is COCNC(=O)c1ncc(C(F)(F)F)cc1CN(Cc1cc(C(F)(F)F)cc(C(F)(F)F)c1)c1nnn(C)n1. The monoisotopic (exact) mass is 571 g/mol. The highest BCUT2D eigenvalue weighted by Crippen LogP contribution is 2.37. The zero-order valence-corrected chi connectivity index (χ0v) is 19.9. The average molecular weight is 571 g/mol. The number of tetrazole rings is 1. The molecule has 0 aliphatic heterocycles. The van der Waals surface area contributed by atoms with Crippen LogP contribution in [0.3, 0.4) is 0 Å². The van der Waals surface area contributed by atoms with Gasteiger partial charge in [0.2, 0.25) is 0 Å². The van der Waals surface area contributed by atoms with Gasteiger partial charge in [0.25, 0.3) is 11.9 Å². The number of methoxy groups -OCH3 is 1. The van der Waals surface area contributed by atoms with Gasteiger partial charge < -0.3 is 15.0 Å². The number of hydrogen-bond acceptors (Lipinski definition) is 7. The number of hydrogen-bond donors (Lipinski definition) is 1. The lowest BCUT2D eigenvalue weighted by Crippen LogP contribution is -2.30. The van der Waals surface area contributed by atoms with Crippen LogP contribution in [-0.2, 0) is 43.4 Å². The number of aryl methyl sites for hydroxylation is 1. The molecule has 3 rings (SSSR count). The van der Waals surface area contributed by atoms with Gasteiger partial charge in [0.1, 0.15) is 12.4 Å². The number of aromatic nitrogens is 5. The highest BCUT2D eigenvalue weighted by atomic mass is 19.4. The molecule has 0 atom stereocenters.